The van der Waals surface area contributed by atoms with Gasteiger partial charge in [-0.1, -0.05) is 0 Å². The highest BCUT2D eigenvalue weighted by atomic mass is 19.1. The van der Waals surface area contributed by atoms with E-state index in [1.165, 1.54) is 12.1 Å². The second kappa shape index (κ2) is 8.00. The normalized spacial score (nSPS) is 17.8. The van der Waals surface area contributed by atoms with Gasteiger partial charge in [-0.3, -0.25) is 4.79 Å². The summed E-state index contributed by atoms with van der Waals surface area (Å²) in [6, 6.07) is 8.70. The number of hydrogen-bond acceptors (Lipinski definition) is 6. The van der Waals surface area contributed by atoms with Gasteiger partial charge < -0.3 is 19.6 Å². The number of rotatable bonds is 3. The van der Waals surface area contributed by atoms with Crippen molar-refractivity contribution in [2.75, 3.05) is 67.1 Å². The number of carbonyl (C=O) groups excluding carboxylic acids is 1. The summed E-state index contributed by atoms with van der Waals surface area (Å²) in [5, 5.41) is 0. The summed E-state index contributed by atoms with van der Waals surface area (Å²) in [5.41, 5.74) is 1.05. The van der Waals surface area contributed by atoms with Gasteiger partial charge in [0.1, 0.15) is 23.8 Å². The highest BCUT2D eigenvalue weighted by molar-refractivity contribution is 5.73. The van der Waals surface area contributed by atoms with E-state index in [1.807, 2.05) is 23.1 Å². The molecule has 2 aromatic rings. The lowest BCUT2D eigenvalue weighted by atomic mass is 10.2. The van der Waals surface area contributed by atoms with Gasteiger partial charge in [-0.05, 0) is 24.3 Å². The number of amides is 1. The first-order valence-corrected chi connectivity index (χ1v) is 9.68. The number of nitrogens with zero attached hydrogens (tertiary/aromatic N) is 6. The maximum absolute atomic E-state index is 13.1. The van der Waals surface area contributed by atoms with Crippen LogP contribution in [0.1, 0.15) is 6.92 Å². The SMILES string of the molecule is CC(=O)N1CCN(c2cc(N3CCN(c4ccc(F)cc4)CC3)ncn2)CC1. The van der Waals surface area contributed by atoms with E-state index in [0.29, 0.717) is 0 Å². The van der Waals surface area contributed by atoms with Gasteiger partial charge in [-0.15, -0.1) is 0 Å². The van der Waals surface area contributed by atoms with Gasteiger partial charge in [0.15, 0.2) is 0 Å². The molecule has 0 spiro atoms. The van der Waals surface area contributed by atoms with Crippen LogP contribution in [-0.2, 0) is 4.79 Å². The number of hydrogen-bond donors (Lipinski definition) is 0. The first-order chi connectivity index (χ1) is 13.6. The zero-order valence-corrected chi connectivity index (χ0v) is 16.1. The van der Waals surface area contributed by atoms with Crippen molar-refractivity contribution in [2.24, 2.45) is 0 Å². The van der Waals surface area contributed by atoms with E-state index in [1.54, 1.807) is 13.3 Å². The van der Waals surface area contributed by atoms with Gasteiger partial charge in [0, 0.05) is 71.0 Å². The van der Waals surface area contributed by atoms with E-state index in [4.69, 9.17) is 0 Å². The Balaban J connectivity index is 1.37. The summed E-state index contributed by atoms with van der Waals surface area (Å²) in [6.45, 7) is 8.07. The number of anilines is 3. The Kier molecular flexibility index (Phi) is 5.27. The van der Waals surface area contributed by atoms with Crippen molar-refractivity contribution >= 4 is 23.2 Å². The molecule has 0 unspecified atom stereocenters. The predicted molar refractivity (Wildman–Crippen MR) is 107 cm³/mol. The number of piperazine rings is 2. The maximum Gasteiger partial charge on any atom is 0.219 e. The van der Waals surface area contributed by atoms with Gasteiger partial charge in [-0.25, -0.2) is 14.4 Å². The number of aromatic nitrogens is 2. The standard InChI is InChI=1S/C20H25FN6O/c1-16(28)24-6-10-26(11-7-24)19-14-20(23-15-22-19)27-12-8-25(9-13-27)18-4-2-17(21)3-5-18/h2-5,14-15H,6-13H2,1H3. The van der Waals surface area contributed by atoms with Crippen molar-refractivity contribution in [3.05, 3.63) is 42.5 Å². The lowest BCUT2D eigenvalue weighted by Crippen LogP contribution is -2.48. The van der Waals surface area contributed by atoms with Crippen LogP contribution in [0.5, 0.6) is 0 Å². The van der Waals surface area contributed by atoms with Gasteiger partial charge in [0.25, 0.3) is 0 Å². The third kappa shape index (κ3) is 4.00. The lowest BCUT2D eigenvalue weighted by Gasteiger charge is -2.37. The molecule has 148 valence electrons. The molecule has 3 heterocycles. The molecule has 8 heteroatoms. The first kappa shape index (κ1) is 18.5. The monoisotopic (exact) mass is 384 g/mol. The van der Waals surface area contributed by atoms with Gasteiger partial charge in [0.05, 0.1) is 0 Å². The minimum atomic E-state index is -0.208. The number of benzene rings is 1. The van der Waals surface area contributed by atoms with Gasteiger partial charge in [0.2, 0.25) is 5.91 Å². The van der Waals surface area contributed by atoms with E-state index < -0.39 is 0 Å². The van der Waals surface area contributed by atoms with Crippen LogP contribution < -0.4 is 14.7 Å². The largest absolute Gasteiger partial charge is 0.368 e. The molecule has 0 saturated carbocycles. The summed E-state index contributed by atoms with van der Waals surface area (Å²) < 4.78 is 13.1. The Morgan fingerprint density at radius 3 is 1.86 bits per heavy atom. The fraction of sp³-hybridized carbons (Fsp3) is 0.450. The first-order valence-electron chi connectivity index (χ1n) is 9.68. The second-order valence-corrected chi connectivity index (χ2v) is 7.18. The van der Waals surface area contributed by atoms with Crippen molar-refractivity contribution in [1.29, 1.82) is 0 Å². The van der Waals surface area contributed by atoms with Crippen molar-refractivity contribution in [1.82, 2.24) is 14.9 Å². The minimum Gasteiger partial charge on any atom is -0.368 e. The smallest absolute Gasteiger partial charge is 0.219 e. The molecular formula is C20H25FN6O. The van der Waals surface area contributed by atoms with Gasteiger partial charge >= 0.3 is 0 Å². The molecule has 1 amide bonds. The van der Waals surface area contributed by atoms with Crippen molar-refractivity contribution < 1.29 is 9.18 Å². The topological polar surface area (TPSA) is 55.8 Å². The van der Waals surface area contributed by atoms with Crippen LogP contribution in [0.2, 0.25) is 0 Å². The molecule has 2 fully saturated rings. The van der Waals surface area contributed by atoms with Gasteiger partial charge in [-0.2, -0.15) is 0 Å². The number of halogens is 1. The van der Waals surface area contributed by atoms with E-state index in [2.05, 4.69) is 24.7 Å². The highest BCUT2D eigenvalue weighted by Gasteiger charge is 2.22. The summed E-state index contributed by atoms with van der Waals surface area (Å²) in [6.07, 6.45) is 1.62. The molecule has 7 nitrogen and oxygen atoms in total. The average Bonchev–Trinajstić information content (AvgIpc) is 2.75. The Labute approximate surface area is 164 Å². The zero-order chi connectivity index (χ0) is 19.5. The molecule has 4 rings (SSSR count). The van der Waals surface area contributed by atoms with Crippen LogP contribution in [0.3, 0.4) is 0 Å². The Morgan fingerprint density at radius 1 is 0.821 bits per heavy atom. The molecule has 0 atom stereocenters. The molecular weight excluding hydrogens is 359 g/mol. The van der Waals surface area contributed by atoms with Crippen molar-refractivity contribution in [3.63, 3.8) is 0 Å². The zero-order valence-electron chi connectivity index (χ0n) is 16.1. The molecule has 0 N–H and O–H groups in total. The molecule has 0 bridgehead atoms. The molecule has 2 aliphatic heterocycles. The van der Waals surface area contributed by atoms with Crippen LogP contribution in [0.25, 0.3) is 0 Å². The Morgan fingerprint density at radius 2 is 1.32 bits per heavy atom. The lowest BCUT2D eigenvalue weighted by molar-refractivity contribution is -0.129. The third-order valence-electron chi connectivity index (χ3n) is 5.48. The fourth-order valence-corrected chi connectivity index (χ4v) is 3.78. The summed E-state index contributed by atoms with van der Waals surface area (Å²) >= 11 is 0. The Bertz CT molecular complexity index is 814. The Hall–Kier alpha value is -2.90. The molecule has 28 heavy (non-hydrogen) atoms. The highest BCUT2D eigenvalue weighted by Crippen LogP contribution is 2.22. The third-order valence-corrected chi connectivity index (χ3v) is 5.48. The molecule has 0 aliphatic carbocycles. The van der Waals surface area contributed by atoms with Crippen molar-refractivity contribution in [3.8, 4) is 0 Å². The average molecular weight is 384 g/mol. The van der Waals surface area contributed by atoms with Crippen LogP contribution in [-0.4, -0.2) is 73.1 Å². The molecule has 2 aliphatic rings. The predicted octanol–water partition coefficient (Wildman–Crippen LogP) is 1.61. The van der Waals surface area contributed by atoms with Crippen LogP contribution in [0.4, 0.5) is 21.7 Å². The molecule has 1 aromatic carbocycles. The van der Waals surface area contributed by atoms with Crippen LogP contribution in [0.15, 0.2) is 36.7 Å². The minimum absolute atomic E-state index is 0.127. The van der Waals surface area contributed by atoms with Crippen LogP contribution in [0, 0.1) is 5.82 Å². The number of carbonyl (C=O) groups is 1. The maximum atomic E-state index is 13.1. The molecule has 2 saturated heterocycles. The van der Waals surface area contributed by atoms with E-state index >= 15 is 0 Å². The molecule has 1 aromatic heterocycles. The molecule has 0 radical (unpaired) electrons. The summed E-state index contributed by atoms with van der Waals surface area (Å²) in [5.74, 6) is 1.76. The quantitative estimate of drug-likeness (QED) is 0.802. The summed E-state index contributed by atoms with van der Waals surface area (Å²) in [4.78, 5) is 29.0. The fourth-order valence-electron chi connectivity index (χ4n) is 3.78. The van der Waals surface area contributed by atoms with Crippen molar-refractivity contribution in [2.45, 2.75) is 6.92 Å². The van der Waals surface area contributed by atoms with E-state index in [0.717, 1.165) is 69.7 Å². The van der Waals surface area contributed by atoms with E-state index in [9.17, 15) is 9.18 Å². The second-order valence-electron chi connectivity index (χ2n) is 7.18. The van der Waals surface area contributed by atoms with E-state index in [-0.39, 0.29) is 11.7 Å². The summed E-state index contributed by atoms with van der Waals surface area (Å²) in [7, 11) is 0. The van der Waals surface area contributed by atoms with Crippen LogP contribution >= 0.6 is 0 Å².